The average Bonchev–Trinajstić information content (AvgIpc) is 2.08. The van der Waals surface area contributed by atoms with Crippen molar-refractivity contribution in [3.8, 4) is 5.75 Å². The van der Waals surface area contributed by atoms with Crippen LogP contribution >= 0.6 is 0 Å². The molecule has 67 valence electrons. The Balaban J connectivity index is 2.84. The van der Waals surface area contributed by atoms with Crippen LogP contribution in [0.4, 0.5) is 5.69 Å². The number of benzene rings is 1. The lowest BCUT2D eigenvalue weighted by Gasteiger charge is -2.08. The summed E-state index contributed by atoms with van der Waals surface area (Å²) in [4.78, 5) is 10.7. The van der Waals surface area contributed by atoms with Crippen molar-refractivity contribution in [2.45, 2.75) is 6.92 Å². The summed E-state index contributed by atoms with van der Waals surface area (Å²) in [7, 11) is 0.570. The lowest BCUT2D eigenvalue weighted by atomic mass is 10.2. The fourth-order valence-corrected chi connectivity index (χ4v) is 0.919. The number of anilines is 1. The van der Waals surface area contributed by atoms with E-state index in [1.54, 1.807) is 24.3 Å². The van der Waals surface area contributed by atoms with Crippen molar-refractivity contribution < 1.29 is 14.5 Å². The van der Waals surface area contributed by atoms with E-state index in [4.69, 9.17) is 9.68 Å². The topological polar surface area (TPSA) is 58.6 Å². The normalized spacial score (nSPS) is 9.08. The molecule has 0 saturated heterocycles. The van der Waals surface area contributed by atoms with E-state index >= 15 is 0 Å². The van der Waals surface area contributed by atoms with Gasteiger partial charge in [0.05, 0.1) is 5.69 Å². The van der Waals surface area contributed by atoms with Crippen molar-refractivity contribution in [1.82, 2.24) is 0 Å². The van der Waals surface area contributed by atoms with E-state index in [0.717, 1.165) is 0 Å². The van der Waals surface area contributed by atoms with E-state index in [9.17, 15) is 4.79 Å². The van der Waals surface area contributed by atoms with Crippen LogP contribution in [0.5, 0.6) is 5.75 Å². The van der Waals surface area contributed by atoms with Gasteiger partial charge in [-0.05, 0) is 12.1 Å². The maximum Gasteiger partial charge on any atom is 0.569 e. The van der Waals surface area contributed by atoms with Crippen LogP contribution in [0.25, 0.3) is 0 Å². The van der Waals surface area contributed by atoms with Gasteiger partial charge in [0.1, 0.15) is 5.75 Å². The molecule has 0 spiro atoms. The molecule has 1 aromatic carbocycles. The Kier molecular flexibility index (Phi) is 3.34. The average molecular weight is 178 g/mol. The van der Waals surface area contributed by atoms with Crippen LogP contribution in [0.3, 0.4) is 0 Å². The minimum absolute atomic E-state index is 0.186. The Hall–Kier alpha value is -1.49. The molecule has 5 heteroatoms. The van der Waals surface area contributed by atoms with Gasteiger partial charge < -0.3 is 15.0 Å². The molecule has 0 unspecified atom stereocenters. The van der Waals surface area contributed by atoms with Gasteiger partial charge in [-0.15, -0.1) is 0 Å². The number of para-hydroxylation sites is 2. The molecular weight excluding hydrogens is 169 g/mol. The molecule has 0 atom stereocenters. The first-order chi connectivity index (χ1) is 6.24. The first-order valence-electron chi connectivity index (χ1n) is 3.73. The quantitative estimate of drug-likeness (QED) is 0.664. The predicted octanol–water partition coefficient (Wildman–Crippen LogP) is 0.550. The smallest absolute Gasteiger partial charge is 0.536 e. The molecule has 1 aromatic rings. The predicted molar refractivity (Wildman–Crippen MR) is 49.3 cm³/mol. The molecule has 0 aromatic heterocycles. The Morgan fingerprint density at radius 3 is 2.85 bits per heavy atom. The highest BCUT2D eigenvalue weighted by Gasteiger charge is 2.03. The van der Waals surface area contributed by atoms with Crippen LogP contribution in [0.2, 0.25) is 0 Å². The molecule has 0 aliphatic carbocycles. The molecule has 0 aliphatic rings. The number of carbonyl (C=O) groups is 1. The molecule has 0 aliphatic heterocycles. The second kappa shape index (κ2) is 4.52. The van der Waals surface area contributed by atoms with Crippen molar-refractivity contribution in [3.05, 3.63) is 24.3 Å². The molecule has 1 rings (SSSR count). The van der Waals surface area contributed by atoms with Gasteiger partial charge in [0, 0.05) is 6.92 Å². The summed E-state index contributed by atoms with van der Waals surface area (Å²) in [5, 5.41) is 11.0. The second-order valence-corrected chi connectivity index (χ2v) is 2.40. The zero-order chi connectivity index (χ0) is 9.68. The number of nitrogens with one attached hydrogen (secondary N) is 1. The molecule has 4 nitrogen and oxygen atoms in total. The van der Waals surface area contributed by atoms with Crippen molar-refractivity contribution in [2.75, 3.05) is 5.32 Å². The minimum atomic E-state index is -0.186. The Bertz CT molecular complexity index is 303. The van der Waals surface area contributed by atoms with Crippen LogP contribution in [0, 0.1) is 0 Å². The first-order valence-corrected chi connectivity index (χ1v) is 3.73. The van der Waals surface area contributed by atoms with Gasteiger partial charge in [0.25, 0.3) is 0 Å². The molecule has 0 bridgehead atoms. The molecule has 2 N–H and O–H groups in total. The van der Waals surface area contributed by atoms with E-state index in [2.05, 4.69) is 5.32 Å². The SMILES string of the molecule is CC(=O)Nc1ccccc1O[B]O. The highest BCUT2D eigenvalue weighted by Crippen LogP contribution is 2.22. The maximum absolute atomic E-state index is 10.7. The molecule has 13 heavy (non-hydrogen) atoms. The molecule has 0 fully saturated rings. The van der Waals surface area contributed by atoms with E-state index in [0.29, 0.717) is 19.1 Å². The van der Waals surface area contributed by atoms with Gasteiger partial charge in [0.15, 0.2) is 0 Å². The fourth-order valence-electron chi connectivity index (χ4n) is 0.919. The van der Waals surface area contributed by atoms with Gasteiger partial charge in [-0.25, -0.2) is 0 Å². The van der Waals surface area contributed by atoms with E-state index in [1.165, 1.54) is 6.92 Å². The number of amides is 1. The third-order valence-corrected chi connectivity index (χ3v) is 1.38. The summed E-state index contributed by atoms with van der Waals surface area (Å²) in [6.45, 7) is 1.40. The highest BCUT2D eigenvalue weighted by molar-refractivity contribution is 6.17. The monoisotopic (exact) mass is 178 g/mol. The fraction of sp³-hybridized carbons (Fsp3) is 0.125. The maximum atomic E-state index is 10.7. The molecule has 1 radical (unpaired) electrons. The Morgan fingerprint density at radius 2 is 2.23 bits per heavy atom. The van der Waals surface area contributed by atoms with Crippen LogP contribution in [0.1, 0.15) is 6.92 Å². The van der Waals surface area contributed by atoms with Gasteiger partial charge in [-0.3, -0.25) is 4.79 Å². The van der Waals surface area contributed by atoms with E-state index < -0.39 is 0 Å². The molecular formula is C8H9BNO3. The van der Waals surface area contributed by atoms with Gasteiger partial charge in [-0.1, -0.05) is 12.1 Å². The molecule has 1 amide bonds. The summed E-state index contributed by atoms with van der Waals surface area (Å²) in [5.74, 6) is 0.217. The van der Waals surface area contributed by atoms with Crippen LogP contribution in [-0.4, -0.2) is 18.6 Å². The number of rotatable bonds is 3. The number of hydrogen-bond donors (Lipinski definition) is 2. The zero-order valence-electron chi connectivity index (χ0n) is 7.15. The Labute approximate surface area is 76.8 Å². The summed E-state index contributed by atoms with van der Waals surface area (Å²) in [6.07, 6.45) is 0. The van der Waals surface area contributed by atoms with Crippen molar-refractivity contribution in [3.63, 3.8) is 0 Å². The van der Waals surface area contributed by atoms with Crippen LogP contribution < -0.4 is 9.97 Å². The van der Waals surface area contributed by atoms with Crippen molar-refractivity contribution in [2.24, 2.45) is 0 Å². The van der Waals surface area contributed by atoms with Crippen LogP contribution in [-0.2, 0) is 4.79 Å². The summed E-state index contributed by atoms with van der Waals surface area (Å²) >= 11 is 0. The van der Waals surface area contributed by atoms with Gasteiger partial charge >= 0.3 is 7.69 Å². The van der Waals surface area contributed by atoms with E-state index in [1.807, 2.05) is 0 Å². The summed E-state index contributed by atoms with van der Waals surface area (Å²) in [5.41, 5.74) is 0.528. The highest BCUT2D eigenvalue weighted by atomic mass is 16.5. The third-order valence-electron chi connectivity index (χ3n) is 1.38. The number of hydrogen-bond acceptors (Lipinski definition) is 3. The Morgan fingerprint density at radius 1 is 1.54 bits per heavy atom. The molecule has 0 saturated carbocycles. The zero-order valence-corrected chi connectivity index (χ0v) is 7.15. The standard InChI is InChI=1S/C8H9BNO3/c1-6(11)10-7-4-2-3-5-8(7)13-9-12/h2-5,12H,1H3,(H,10,11). The second-order valence-electron chi connectivity index (χ2n) is 2.40. The van der Waals surface area contributed by atoms with Gasteiger partial charge in [-0.2, -0.15) is 0 Å². The van der Waals surface area contributed by atoms with E-state index in [-0.39, 0.29) is 5.91 Å². The summed E-state index contributed by atoms with van der Waals surface area (Å²) < 4.78 is 4.75. The first kappa shape index (κ1) is 9.60. The van der Waals surface area contributed by atoms with Crippen LogP contribution in [0.15, 0.2) is 24.3 Å². The van der Waals surface area contributed by atoms with Crippen molar-refractivity contribution in [1.29, 1.82) is 0 Å². The van der Waals surface area contributed by atoms with Crippen molar-refractivity contribution >= 4 is 19.3 Å². The number of carbonyl (C=O) groups excluding carboxylic acids is 1. The molecule has 0 heterocycles. The lowest BCUT2D eigenvalue weighted by molar-refractivity contribution is -0.114. The largest absolute Gasteiger partial charge is 0.569 e. The summed E-state index contributed by atoms with van der Waals surface area (Å²) in [6, 6.07) is 6.82. The van der Waals surface area contributed by atoms with Gasteiger partial charge in [0.2, 0.25) is 5.91 Å². The minimum Gasteiger partial charge on any atom is -0.536 e. The lowest BCUT2D eigenvalue weighted by Crippen LogP contribution is -2.09. The third kappa shape index (κ3) is 2.80.